The molecular weight excluding hydrogens is 382 g/mol. The molecule has 0 aliphatic carbocycles. The summed E-state index contributed by atoms with van der Waals surface area (Å²) in [6, 6.07) is 18.3. The standard InChI is InChI=1S/C22H21N5OS/c28-21-17-14-18(16-6-2-1-3-7-16)29-22(17)25-19(24-21)15-26-10-12-27(13-11-26)20-8-4-5-9-23-20/h1-9,14H,10-13,15H2,(H,24,25,28)/p+2. The quantitative estimate of drug-likeness (QED) is 0.539. The van der Waals surface area contributed by atoms with Crippen LogP contribution in [0.25, 0.3) is 20.7 Å². The topological polar surface area (TPSA) is 67.6 Å². The SMILES string of the molecule is O=c1[nH]c(C[NH+]2CCN(c3cccc[nH+]3)CC2)nc2sc(-c3ccccc3)cc12. The summed E-state index contributed by atoms with van der Waals surface area (Å²) in [6.45, 7) is 4.75. The molecule has 0 radical (unpaired) electrons. The van der Waals surface area contributed by atoms with E-state index in [1.165, 1.54) is 4.90 Å². The lowest BCUT2D eigenvalue weighted by Crippen LogP contribution is -3.13. The first-order valence-electron chi connectivity index (χ1n) is 9.90. The van der Waals surface area contributed by atoms with Gasteiger partial charge in [-0.3, -0.25) is 9.69 Å². The first-order chi connectivity index (χ1) is 14.3. The molecule has 6 nitrogen and oxygen atoms in total. The van der Waals surface area contributed by atoms with E-state index in [4.69, 9.17) is 4.98 Å². The van der Waals surface area contributed by atoms with Gasteiger partial charge in [0, 0.05) is 10.9 Å². The number of anilines is 1. The Bertz CT molecular complexity index is 1160. The maximum absolute atomic E-state index is 12.6. The van der Waals surface area contributed by atoms with E-state index >= 15 is 0 Å². The van der Waals surface area contributed by atoms with Crippen molar-refractivity contribution in [3.05, 3.63) is 77.0 Å². The van der Waals surface area contributed by atoms with Crippen LogP contribution in [0.2, 0.25) is 0 Å². The van der Waals surface area contributed by atoms with Gasteiger partial charge in [0.15, 0.2) is 5.82 Å². The summed E-state index contributed by atoms with van der Waals surface area (Å²) in [5.41, 5.74) is 1.08. The molecule has 3 aromatic heterocycles. The highest BCUT2D eigenvalue weighted by atomic mass is 32.1. The number of pyridine rings is 1. The van der Waals surface area contributed by atoms with Crippen LogP contribution < -0.4 is 20.3 Å². The van der Waals surface area contributed by atoms with Crippen molar-refractivity contribution in [1.82, 2.24) is 9.97 Å². The molecule has 1 aliphatic rings. The Morgan fingerprint density at radius 3 is 2.66 bits per heavy atom. The average Bonchev–Trinajstić information content (AvgIpc) is 3.20. The molecule has 1 fully saturated rings. The minimum Gasteiger partial charge on any atom is -0.322 e. The number of piperazine rings is 1. The molecule has 0 atom stereocenters. The third-order valence-corrected chi connectivity index (χ3v) is 6.51. The number of rotatable bonds is 4. The third-order valence-electron chi connectivity index (χ3n) is 5.43. The van der Waals surface area contributed by atoms with E-state index in [9.17, 15) is 4.79 Å². The average molecular weight is 406 g/mol. The summed E-state index contributed by atoms with van der Waals surface area (Å²) < 4.78 is 0. The first-order valence-corrected chi connectivity index (χ1v) is 10.7. The van der Waals surface area contributed by atoms with Crippen LogP contribution in [0.15, 0.2) is 65.6 Å². The van der Waals surface area contributed by atoms with Gasteiger partial charge in [-0.1, -0.05) is 36.4 Å². The van der Waals surface area contributed by atoms with Gasteiger partial charge in [0.2, 0.25) is 0 Å². The molecule has 0 saturated carbocycles. The number of benzene rings is 1. The van der Waals surface area contributed by atoms with Crippen molar-refractivity contribution in [2.45, 2.75) is 6.54 Å². The molecule has 3 N–H and O–H groups in total. The Morgan fingerprint density at radius 1 is 1.10 bits per heavy atom. The fourth-order valence-corrected chi connectivity index (χ4v) is 4.92. The highest BCUT2D eigenvalue weighted by molar-refractivity contribution is 7.21. The lowest BCUT2D eigenvalue weighted by Gasteiger charge is -2.27. The van der Waals surface area contributed by atoms with E-state index in [2.05, 4.69) is 39.1 Å². The first kappa shape index (κ1) is 18.0. The van der Waals surface area contributed by atoms with Gasteiger partial charge in [-0.2, -0.15) is 0 Å². The van der Waals surface area contributed by atoms with Crippen LogP contribution >= 0.6 is 11.3 Å². The van der Waals surface area contributed by atoms with Gasteiger partial charge >= 0.3 is 0 Å². The molecule has 0 amide bonds. The van der Waals surface area contributed by atoms with Gasteiger partial charge in [0.1, 0.15) is 37.6 Å². The molecule has 4 aromatic rings. The maximum atomic E-state index is 12.6. The number of fused-ring (bicyclic) bond motifs is 1. The second-order valence-corrected chi connectivity index (χ2v) is 8.40. The van der Waals surface area contributed by atoms with Crippen LogP contribution in [-0.4, -0.2) is 36.1 Å². The van der Waals surface area contributed by atoms with Gasteiger partial charge in [0.05, 0.1) is 11.6 Å². The number of H-pyrrole nitrogens is 2. The molecule has 4 heterocycles. The molecule has 0 bridgehead atoms. The largest absolute Gasteiger partial charge is 0.322 e. The molecule has 0 spiro atoms. The lowest BCUT2D eigenvalue weighted by atomic mass is 10.2. The monoisotopic (exact) mass is 405 g/mol. The maximum Gasteiger partial charge on any atom is 0.274 e. The fraction of sp³-hybridized carbons (Fsp3) is 0.227. The van der Waals surface area contributed by atoms with E-state index in [1.807, 2.05) is 36.5 Å². The zero-order valence-corrected chi connectivity index (χ0v) is 16.8. The molecule has 1 saturated heterocycles. The number of quaternary nitrogens is 1. The molecule has 0 unspecified atom stereocenters. The molecule has 146 valence electrons. The highest BCUT2D eigenvalue weighted by Crippen LogP contribution is 2.30. The van der Waals surface area contributed by atoms with E-state index in [-0.39, 0.29) is 5.56 Å². The number of hydrogen-bond donors (Lipinski definition) is 2. The summed E-state index contributed by atoms with van der Waals surface area (Å²) >= 11 is 1.59. The number of aromatic nitrogens is 3. The molecule has 5 rings (SSSR count). The normalized spacial score (nSPS) is 15.1. The smallest absolute Gasteiger partial charge is 0.274 e. The molecule has 1 aliphatic heterocycles. The van der Waals surface area contributed by atoms with Gasteiger partial charge in [-0.05, 0) is 17.7 Å². The van der Waals surface area contributed by atoms with Crippen LogP contribution in [0.1, 0.15) is 5.82 Å². The number of hydrogen-bond acceptors (Lipinski definition) is 4. The van der Waals surface area contributed by atoms with Crippen molar-refractivity contribution >= 4 is 27.4 Å². The van der Waals surface area contributed by atoms with Crippen molar-refractivity contribution in [3.63, 3.8) is 0 Å². The highest BCUT2D eigenvalue weighted by Gasteiger charge is 2.26. The van der Waals surface area contributed by atoms with Gasteiger partial charge in [0.25, 0.3) is 11.4 Å². The summed E-state index contributed by atoms with van der Waals surface area (Å²) in [5.74, 6) is 1.94. The Kier molecular flexibility index (Phi) is 4.83. The predicted octanol–water partition coefficient (Wildman–Crippen LogP) is 1.37. The van der Waals surface area contributed by atoms with E-state index in [0.29, 0.717) is 5.39 Å². The summed E-state index contributed by atoms with van der Waals surface area (Å²) in [7, 11) is 0. The van der Waals surface area contributed by atoms with Gasteiger partial charge < -0.3 is 9.88 Å². The van der Waals surface area contributed by atoms with Crippen LogP contribution in [0, 0.1) is 0 Å². The Labute approximate surface area is 172 Å². The minimum absolute atomic E-state index is 0.0413. The predicted molar refractivity (Wildman–Crippen MR) is 115 cm³/mol. The van der Waals surface area contributed by atoms with Gasteiger partial charge in [-0.15, -0.1) is 11.3 Å². The Morgan fingerprint density at radius 2 is 1.90 bits per heavy atom. The summed E-state index contributed by atoms with van der Waals surface area (Å²) in [6.07, 6.45) is 1.96. The second kappa shape index (κ2) is 7.77. The van der Waals surface area contributed by atoms with E-state index in [1.54, 1.807) is 11.3 Å². The number of thiophene rings is 1. The minimum atomic E-state index is -0.0413. The molecular formula is C22H23N5OS+2. The third kappa shape index (κ3) is 3.79. The van der Waals surface area contributed by atoms with Crippen LogP contribution in [0.4, 0.5) is 5.82 Å². The number of nitrogens with one attached hydrogen (secondary N) is 3. The van der Waals surface area contributed by atoms with Crippen molar-refractivity contribution in [1.29, 1.82) is 0 Å². The van der Waals surface area contributed by atoms with E-state index in [0.717, 1.165) is 59.6 Å². The summed E-state index contributed by atoms with van der Waals surface area (Å²) in [5, 5.41) is 0.678. The summed E-state index contributed by atoms with van der Waals surface area (Å²) in [4.78, 5) is 29.4. The second-order valence-electron chi connectivity index (χ2n) is 7.37. The molecule has 29 heavy (non-hydrogen) atoms. The fourth-order valence-electron chi connectivity index (χ4n) is 3.86. The van der Waals surface area contributed by atoms with Crippen LogP contribution in [0.5, 0.6) is 0 Å². The van der Waals surface area contributed by atoms with Crippen molar-refractivity contribution in [2.24, 2.45) is 0 Å². The van der Waals surface area contributed by atoms with Crippen LogP contribution in [-0.2, 0) is 6.54 Å². The van der Waals surface area contributed by atoms with Crippen molar-refractivity contribution in [3.8, 4) is 10.4 Å². The molecule has 1 aromatic carbocycles. The van der Waals surface area contributed by atoms with Crippen LogP contribution in [0.3, 0.4) is 0 Å². The van der Waals surface area contributed by atoms with Gasteiger partial charge in [-0.25, -0.2) is 9.97 Å². The van der Waals surface area contributed by atoms with Crippen molar-refractivity contribution < 1.29 is 9.88 Å². The molecule has 7 heteroatoms. The number of aromatic amines is 2. The Balaban J connectivity index is 1.32. The number of nitrogens with zero attached hydrogens (tertiary/aromatic N) is 2. The zero-order valence-electron chi connectivity index (χ0n) is 16.0. The van der Waals surface area contributed by atoms with Crippen molar-refractivity contribution in [2.75, 3.05) is 31.1 Å². The lowest BCUT2D eigenvalue weighted by molar-refractivity contribution is -0.915. The Hall–Kier alpha value is -3.03. The zero-order chi connectivity index (χ0) is 19.6. The van der Waals surface area contributed by atoms with E-state index < -0.39 is 0 Å².